The number of esters is 1. The molecule has 3 N–H and O–H groups in total. The van der Waals surface area contributed by atoms with Crippen LogP contribution in [0, 0.1) is 6.92 Å². The number of anilines is 1. The van der Waals surface area contributed by atoms with Crippen LogP contribution < -0.4 is 11.1 Å². The van der Waals surface area contributed by atoms with Gasteiger partial charge in [-0.05, 0) is 12.5 Å². The molecule has 8 heteroatoms. The lowest BCUT2D eigenvalue weighted by Gasteiger charge is -2.11. The number of carbonyl (C=O) groups excluding carboxylic acids is 2. The first-order valence-corrected chi connectivity index (χ1v) is 6.73. The molecule has 7 nitrogen and oxygen atoms in total. The van der Waals surface area contributed by atoms with Crippen LogP contribution in [0.15, 0.2) is 36.5 Å². The molecule has 1 aromatic heterocycles. The lowest BCUT2D eigenvalue weighted by molar-refractivity contribution is -0.141. The van der Waals surface area contributed by atoms with Crippen LogP contribution in [0.2, 0.25) is 0 Å². The van der Waals surface area contributed by atoms with Crippen LogP contribution in [0.3, 0.4) is 0 Å². The van der Waals surface area contributed by atoms with Crippen LogP contribution in [0.1, 0.15) is 17.2 Å². The van der Waals surface area contributed by atoms with Gasteiger partial charge in [0.15, 0.2) is 5.82 Å². The zero-order valence-corrected chi connectivity index (χ0v) is 13.7. The number of rotatable bonds is 5. The number of nitrogens with two attached hydrogens (primary N) is 1. The second-order valence-corrected chi connectivity index (χ2v) is 4.85. The van der Waals surface area contributed by atoms with E-state index in [0.717, 1.165) is 11.1 Å². The molecule has 0 fully saturated rings. The molecule has 0 aliphatic heterocycles. The summed E-state index contributed by atoms with van der Waals surface area (Å²) in [7, 11) is 1.30. The smallest absolute Gasteiger partial charge is 0.327 e. The average molecular weight is 339 g/mol. The summed E-state index contributed by atoms with van der Waals surface area (Å²) in [5, 5.41) is 6.68. The number of nitrogens with zero attached hydrogens (tertiary/aromatic N) is 2. The van der Waals surface area contributed by atoms with E-state index in [1.807, 2.05) is 31.2 Å². The molecule has 2 rings (SSSR count). The van der Waals surface area contributed by atoms with Gasteiger partial charge in [-0.25, -0.2) is 0 Å². The van der Waals surface area contributed by atoms with Crippen molar-refractivity contribution in [2.24, 2.45) is 5.73 Å². The number of amides is 1. The molecule has 1 unspecified atom stereocenters. The van der Waals surface area contributed by atoms with E-state index in [2.05, 4.69) is 15.2 Å². The summed E-state index contributed by atoms with van der Waals surface area (Å²) in [6.07, 6.45) is 1.57. The van der Waals surface area contributed by atoms with Crippen molar-refractivity contribution in [3.63, 3.8) is 0 Å². The lowest BCUT2D eigenvalue weighted by atomic mass is 10.1. The number of aromatic nitrogens is 2. The van der Waals surface area contributed by atoms with Crippen LogP contribution in [0.5, 0.6) is 0 Å². The molecule has 0 bridgehead atoms. The lowest BCUT2D eigenvalue weighted by Crippen LogP contribution is -2.28. The molecule has 0 spiro atoms. The van der Waals surface area contributed by atoms with Crippen molar-refractivity contribution >= 4 is 30.1 Å². The monoisotopic (exact) mass is 338 g/mol. The van der Waals surface area contributed by atoms with Gasteiger partial charge in [0.05, 0.1) is 7.11 Å². The van der Waals surface area contributed by atoms with E-state index >= 15 is 0 Å². The maximum atomic E-state index is 12.1. The largest absolute Gasteiger partial charge is 0.468 e. The van der Waals surface area contributed by atoms with E-state index in [-0.39, 0.29) is 24.9 Å². The Hall–Kier alpha value is -2.38. The average Bonchev–Trinajstić information content (AvgIpc) is 2.94. The molecule has 1 heterocycles. The van der Waals surface area contributed by atoms with Crippen LogP contribution in [-0.2, 0) is 20.9 Å². The van der Waals surface area contributed by atoms with Crippen molar-refractivity contribution in [1.29, 1.82) is 0 Å². The van der Waals surface area contributed by atoms with E-state index in [4.69, 9.17) is 5.73 Å². The molecule has 23 heavy (non-hydrogen) atoms. The molecule has 0 aliphatic rings. The minimum Gasteiger partial charge on any atom is -0.468 e. The van der Waals surface area contributed by atoms with Gasteiger partial charge < -0.3 is 15.8 Å². The number of hydrogen-bond donors (Lipinski definition) is 2. The zero-order valence-electron chi connectivity index (χ0n) is 12.9. The Morgan fingerprint density at radius 2 is 1.96 bits per heavy atom. The molecular formula is C15H19ClN4O3. The van der Waals surface area contributed by atoms with Crippen molar-refractivity contribution < 1.29 is 14.3 Å². The summed E-state index contributed by atoms with van der Waals surface area (Å²) in [6.45, 7) is 1.94. The summed E-state index contributed by atoms with van der Waals surface area (Å²) >= 11 is 0. The van der Waals surface area contributed by atoms with Gasteiger partial charge in [0.25, 0.3) is 0 Å². The summed E-state index contributed by atoms with van der Waals surface area (Å²) < 4.78 is 5.92. The first-order chi connectivity index (χ1) is 10.5. The minimum absolute atomic E-state index is 0. The van der Waals surface area contributed by atoms with Crippen molar-refractivity contribution in [1.82, 2.24) is 9.78 Å². The highest BCUT2D eigenvalue weighted by Crippen LogP contribution is 2.14. The molecular weight excluding hydrogens is 320 g/mol. The second kappa shape index (κ2) is 8.30. The topological polar surface area (TPSA) is 99.2 Å². The Morgan fingerprint density at radius 1 is 1.30 bits per heavy atom. The highest BCUT2D eigenvalue weighted by molar-refractivity contribution is 5.94. The first-order valence-electron chi connectivity index (χ1n) is 6.73. The van der Waals surface area contributed by atoms with Gasteiger partial charge in [-0.3, -0.25) is 14.3 Å². The van der Waals surface area contributed by atoms with E-state index in [9.17, 15) is 9.59 Å². The highest BCUT2D eigenvalue weighted by Gasteiger charge is 2.17. The Labute approximate surface area is 140 Å². The number of hydrogen-bond acceptors (Lipinski definition) is 5. The van der Waals surface area contributed by atoms with Crippen LogP contribution in [0.25, 0.3) is 0 Å². The number of methoxy groups -OCH3 is 1. The summed E-state index contributed by atoms with van der Waals surface area (Å²) in [5.41, 5.74) is 7.74. The van der Waals surface area contributed by atoms with E-state index in [1.165, 1.54) is 11.8 Å². The first kappa shape index (κ1) is 18.7. The predicted molar refractivity (Wildman–Crippen MR) is 88.2 cm³/mol. The van der Waals surface area contributed by atoms with Crippen LogP contribution in [-0.4, -0.2) is 28.8 Å². The maximum Gasteiger partial charge on any atom is 0.327 e. The van der Waals surface area contributed by atoms with Gasteiger partial charge in [0.1, 0.15) is 12.6 Å². The Balaban J connectivity index is 0.00000264. The van der Waals surface area contributed by atoms with Gasteiger partial charge in [-0.1, -0.05) is 29.8 Å². The zero-order chi connectivity index (χ0) is 16.1. The third-order valence-corrected chi connectivity index (χ3v) is 3.13. The summed E-state index contributed by atoms with van der Waals surface area (Å²) in [5.74, 6) is -0.457. The molecule has 0 saturated carbocycles. The molecule has 124 valence electrons. The molecule has 1 atom stereocenters. The van der Waals surface area contributed by atoms with Gasteiger partial charge in [-0.15, -0.1) is 12.4 Å². The number of nitrogens with one attached hydrogen (secondary N) is 1. The second-order valence-electron chi connectivity index (χ2n) is 4.85. The van der Waals surface area contributed by atoms with Crippen molar-refractivity contribution in [3.05, 3.63) is 47.7 Å². The van der Waals surface area contributed by atoms with Gasteiger partial charge in [0, 0.05) is 12.3 Å². The fourth-order valence-electron chi connectivity index (χ4n) is 1.84. The molecule has 0 radical (unpaired) electrons. The molecule has 0 aliphatic carbocycles. The predicted octanol–water partition coefficient (Wildman–Crippen LogP) is 1.42. The number of aryl methyl sites for hydroxylation is 1. The molecule has 1 amide bonds. The quantitative estimate of drug-likeness (QED) is 0.803. The maximum absolute atomic E-state index is 12.1. The van der Waals surface area contributed by atoms with Gasteiger partial charge in [-0.2, -0.15) is 5.10 Å². The molecule has 2 aromatic rings. The molecule has 1 aromatic carbocycles. The Morgan fingerprint density at radius 3 is 2.57 bits per heavy atom. The third kappa shape index (κ3) is 5.08. The Kier molecular flexibility index (Phi) is 6.74. The number of ether oxygens (including phenoxy) is 1. The fraction of sp³-hybridized carbons (Fsp3) is 0.267. The van der Waals surface area contributed by atoms with E-state index in [0.29, 0.717) is 5.82 Å². The van der Waals surface area contributed by atoms with Crippen molar-refractivity contribution in [3.8, 4) is 0 Å². The van der Waals surface area contributed by atoms with E-state index < -0.39 is 12.0 Å². The minimum atomic E-state index is -0.786. The number of benzene rings is 1. The van der Waals surface area contributed by atoms with Gasteiger partial charge >= 0.3 is 5.97 Å². The van der Waals surface area contributed by atoms with Crippen LogP contribution in [0.4, 0.5) is 5.82 Å². The number of carbonyl (C=O) groups is 2. The molecule has 0 saturated heterocycles. The van der Waals surface area contributed by atoms with Crippen molar-refractivity contribution in [2.45, 2.75) is 19.5 Å². The number of halogens is 1. The third-order valence-electron chi connectivity index (χ3n) is 3.13. The summed E-state index contributed by atoms with van der Waals surface area (Å²) in [4.78, 5) is 23.3. The normalized spacial score (nSPS) is 11.3. The summed E-state index contributed by atoms with van der Waals surface area (Å²) in [6, 6.07) is 8.22. The van der Waals surface area contributed by atoms with Gasteiger partial charge in [0.2, 0.25) is 5.91 Å². The fourth-order valence-corrected chi connectivity index (χ4v) is 1.84. The van der Waals surface area contributed by atoms with Crippen LogP contribution >= 0.6 is 12.4 Å². The Bertz CT molecular complexity index is 670. The highest BCUT2D eigenvalue weighted by atomic mass is 35.5. The standard InChI is InChI=1S/C15H18N4O3.ClH/c1-10-3-5-11(6-4-10)14(16)15(21)17-12-7-8-19(18-12)9-13(20)22-2;/h3-8,14H,9,16H2,1-2H3,(H,17,18,21);1H. The SMILES string of the molecule is COC(=O)Cn1ccc(NC(=O)C(N)c2ccc(C)cc2)n1.Cl. The van der Waals surface area contributed by atoms with E-state index in [1.54, 1.807) is 12.3 Å². The van der Waals surface area contributed by atoms with Crippen molar-refractivity contribution in [2.75, 3.05) is 12.4 Å².